The lowest BCUT2D eigenvalue weighted by atomic mass is 10.1. The Morgan fingerprint density at radius 2 is 1.48 bits per heavy atom. The zero-order valence-electron chi connectivity index (χ0n) is 12.0. The third kappa shape index (κ3) is 3.89. The molecular weight excluding hydrogens is 264 g/mol. The van der Waals surface area contributed by atoms with Crippen LogP contribution in [0.5, 0.6) is 5.75 Å². The van der Waals surface area contributed by atoms with Gasteiger partial charge in [0, 0.05) is 11.1 Å². The van der Waals surface area contributed by atoms with E-state index in [0.29, 0.717) is 11.1 Å². The summed E-state index contributed by atoms with van der Waals surface area (Å²) in [4.78, 5) is 23.2. The number of benzene rings is 2. The van der Waals surface area contributed by atoms with Crippen molar-refractivity contribution in [2.45, 2.75) is 6.92 Å². The van der Waals surface area contributed by atoms with Gasteiger partial charge in [0.05, 0.1) is 7.11 Å². The molecule has 0 saturated carbocycles. The summed E-state index contributed by atoms with van der Waals surface area (Å²) in [5.41, 5.74) is 2.08. The van der Waals surface area contributed by atoms with E-state index in [9.17, 15) is 9.59 Å². The first-order valence-electron chi connectivity index (χ1n) is 6.57. The molecule has 0 heterocycles. The fourth-order valence-electron chi connectivity index (χ4n) is 1.85. The molecule has 0 aromatic heterocycles. The number of hydrogen-bond acceptors (Lipinski definition) is 3. The van der Waals surface area contributed by atoms with Crippen LogP contribution in [-0.4, -0.2) is 18.7 Å². The summed E-state index contributed by atoms with van der Waals surface area (Å²) in [5.74, 6) is 0.669. The molecule has 3 heteroatoms. The van der Waals surface area contributed by atoms with Gasteiger partial charge in [-0.1, -0.05) is 42.5 Å². The second-order valence-electron chi connectivity index (χ2n) is 4.60. The summed E-state index contributed by atoms with van der Waals surface area (Å²) < 4.78 is 5.08. The Balaban J connectivity index is 2.09. The van der Waals surface area contributed by atoms with Crippen molar-refractivity contribution in [1.82, 2.24) is 0 Å². The lowest BCUT2D eigenvalue weighted by molar-refractivity contribution is 0.101. The Bertz CT molecular complexity index is 665. The predicted octanol–water partition coefficient (Wildman–Crippen LogP) is 3.79. The van der Waals surface area contributed by atoms with Gasteiger partial charge in [0.1, 0.15) is 5.75 Å². The lowest BCUT2D eigenvalue weighted by Crippen LogP contribution is -1.97. The Hall–Kier alpha value is -2.68. The van der Waals surface area contributed by atoms with E-state index in [0.717, 1.165) is 11.3 Å². The summed E-state index contributed by atoms with van der Waals surface area (Å²) in [6.07, 6.45) is 3.27. The van der Waals surface area contributed by atoms with Crippen LogP contribution in [0, 0.1) is 0 Å². The van der Waals surface area contributed by atoms with Gasteiger partial charge in [0.25, 0.3) is 0 Å². The maximum atomic E-state index is 12.0. The minimum absolute atomic E-state index is 0.0113. The number of methoxy groups -OCH3 is 1. The number of allylic oxidation sites excluding steroid dienone is 1. The Kier molecular flexibility index (Phi) is 4.67. The molecule has 106 valence electrons. The normalized spacial score (nSPS) is 10.6. The molecule has 0 fully saturated rings. The van der Waals surface area contributed by atoms with Crippen molar-refractivity contribution in [3.63, 3.8) is 0 Å². The van der Waals surface area contributed by atoms with Crippen LogP contribution in [-0.2, 0) is 0 Å². The largest absolute Gasteiger partial charge is 0.497 e. The Morgan fingerprint density at radius 1 is 0.905 bits per heavy atom. The smallest absolute Gasteiger partial charge is 0.185 e. The van der Waals surface area contributed by atoms with Crippen molar-refractivity contribution < 1.29 is 14.3 Å². The topological polar surface area (TPSA) is 43.4 Å². The summed E-state index contributed by atoms with van der Waals surface area (Å²) in [6, 6.07) is 14.1. The van der Waals surface area contributed by atoms with E-state index in [1.807, 2.05) is 24.3 Å². The quantitative estimate of drug-likeness (QED) is 0.618. The first-order valence-corrected chi connectivity index (χ1v) is 6.57. The predicted molar refractivity (Wildman–Crippen MR) is 82.8 cm³/mol. The zero-order chi connectivity index (χ0) is 15.2. The molecular formula is C18H16O3. The fourth-order valence-corrected chi connectivity index (χ4v) is 1.85. The molecule has 0 spiro atoms. The highest BCUT2D eigenvalue weighted by atomic mass is 16.5. The highest BCUT2D eigenvalue weighted by molar-refractivity contribution is 6.07. The van der Waals surface area contributed by atoms with Crippen molar-refractivity contribution in [3.8, 4) is 5.75 Å². The lowest BCUT2D eigenvalue weighted by Gasteiger charge is -2.00. The van der Waals surface area contributed by atoms with Crippen LogP contribution in [0.4, 0.5) is 0 Å². The second kappa shape index (κ2) is 6.66. The third-order valence-electron chi connectivity index (χ3n) is 3.12. The monoisotopic (exact) mass is 280 g/mol. The maximum Gasteiger partial charge on any atom is 0.185 e. The molecule has 0 unspecified atom stereocenters. The van der Waals surface area contributed by atoms with Crippen molar-refractivity contribution in [2.75, 3.05) is 7.11 Å². The molecule has 2 aromatic carbocycles. The number of carbonyl (C=O) groups is 2. The third-order valence-corrected chi connectivity index (χ3v) is 3.12. The second-order valence-corrected chi connectivity index (χ2v) is 4.60. The van der Waals surface area contributed by atoms with Crippen molar-refractivity contribution in [2.24, 2.45) is 0 Å². The van der Waals surface area contributed by atoms with Crippen LogP contribution in [0.1, 0.15) is 33.2 Å². The molecule has 2 rings (SSSR count). The molecule has 0 N–H and O–H groups in total. The van der Waals surface area contributed by atoms with Crippen LogP contribution in [0.25, 0.3) is 6.08 Å². The van der Waals surface area contributed by atoms with Gasteiger partial charge in [-0.15, -0.1) is 0 Å². The molecule has 3 nitrogen and oxygen atoms in total. The molecule has 0 atom stereocenters. The number of Topliss-reactive ketones (excluding diaryl/α,β-unsaturated/α-hetero) is 1. The van der Waals surface area contributed by atoms with Crippen molar-refractivity contribution in [1.29, 1.82) is 0 Å². The minimum Gasteiger partial charge on any atom is -0.497 e. The Labute approximate surface area is 123 Å². The van der Waals surface area contributed by atoms with Crippen molar-refractivity contribution in [3.05, 3.63) is 71.3 Å². The highest BCUT2D eigenvalue weighted by Gasteiger charge is 2.03. The number of carbonyl (C=O) groups excluding carboxylic acids is 2. The van der Waals surface area contributed by atoms with E-state index in [2.05, 4.69) is 0 Å². The number of rotatable bonds is 5. The van der Waals surface area contributed by atoms with Crippen LogP contribution >= 0.6 is 0 Å². The summed E-state index contributed by atoms with van der Waals surface area (Å²) >= 11 is 0. The van der Waals surface area contributed by atoms with Crippen LogP contribution < -0.4 is 4.74 Å². The number of hydrogen-bond donors (Lipinski definition) is 0. The van der Waals surface area contributed by atoms with Gasteiger partial charge in [0.2, 0.25) is 0 Å². The summed E-state index contributed by atoms with van der Waals surface area (Å²) in [7, 11) is 1.61. The standard InChI is InChI=1S/C18H16O3/c1-13(19)15-6-8-16(9-7-15)18(20)12-5-14-3-10-17(21-2)11-4-14/h3-12H,1-2H3. The van der Waals surface area contributed by atoms with E-state index in [1.54, 1.807) is 37.5 Å². The number of ether oxygens (including phenoxy) is 1. The van der Waals surface area contributed by atoms with E-state index in [4.69, 9.17) is 4.74 Å². The average Bonchev–Trinajstić information content (AvgIpc) is 2.53. The van der Waals surface area contributed by atoms with E-state index in [-0.39, 0.29) is 11.6 Å². The van der Waals surface area contributed by atoms with Gasteiger partial charge in [-0.25, -0.2) is 0 Å². The number of ketones is 2. The molecule has 0 saturated heterocycles. The fraction of sp³-hybridized carbons (Fsp3) is 0.111. The van der Waals surface area contributed by atoms with E-state index < -0.39 is 0 Å². The summed E-state index contributed by atoms with van der Waals surface area (Å²) in [5, 5.41) is 0. The molecule has 2 aromatic rings. The molecule has 0 bridgehead atoms. The molecule has 0 aliphatic carbocycles. The van der Waals surface area contributed by atoms with Crippen LogP contribution in [0.2, 0.25) is 0 Å². The van der Waals surface area contributed by atoms with E-state index in [1.165, 1.54) is 13.0 Å². The van der Waals surface area contributed by atoms with Gasteiger partial charge in [-0.2, -0.15) is 0 Å². The average molecular weight is 280 g/mol. The molecule has 0 amide bonds. The SMILES string of the molecule is COc1ccc(C=CC(=O)c2ccc(C(C)=O)cc2)cc1. The maximum absolute atomic E-state index is 12.0. The molecule has 21 heavy (non-hydrogen) atoms. The zero-order valence-corrected chi connectivity index (χ0v) is 12.0. The van der Waals surface area contributed by atoms with Crippen LogP contribution in [0.3, 0.4) is 0 Å². The molecule has 0 aliphatic rings. The minimum atomic E-state index is -0.0964. The first-order chi connectivity index (χ1) is 10.1. The van der Waals surface area contributed by atoms with Gasteiger partial charge >= 0.3 is 0 Å². The molecule has 0 radical (unpaired) electrons. The van der Waals surface area contributed by atoms with Crippen LogP contribution in [0.15, 0.2) is 54.6 Å². The highest BCUT2D eigenvalue weighted by Crippen LogP contribution is 2.13. The van der Waals surface area contributed by atoms with Gasteiger partial charge < -0.3 is 4.74 Å². The van der Waals surface area contributed by atoms with Crippen molar-refractivity contribution >= 4 is 17.6 Å². The first kappa shape index (κ1) is 14.7. The van der Waals surface area contributed by atoms with Gasteiger partial charge in [0.15, 0.2) is 11.6 Å². The summed E-state index contributed by atoms with van der Waals surface area (Å²) in [6.45, 7) is 1.50. The van der Waals surface area contributed by atoms with E-state index >= 15 is 0 Å². The Morgan fingerprint density at radius 3 is 2.00 bits per heavy atom. The molecule has 0 aliphatic heterocycles. The van der Waals surface area contributed by atoms with Gasteiger partial charge in [-0.05, 0) is 30.7 Å². The van der Waals surface area contributed by atoms with Gasteiger partial charge in [-0.3, -0.25) is 9.59 Å².